The van der Waals surface area contributed by atoms with Gasteiger partial charge in [-0.15, -0.1) is 0 Å². The Hall–Kier alpha value is -0.903. The molecular weight excluding hydrogens is 292 g/mol. The first-order valence-corrected chi connectivity index (χ1v) is 8.44. The van der Waals surface area contributed by atoms with Gasteiger partial charge < -0.3 is 4.43 Å². The lowest BCUT2D eigenvalue weighted by molar-refractivity contribution is 0.363. The van der Waals surface area contributed by atoms with Crippen LogP contribution in [0.25, 0.3) is 0 Å². The third-order valence-corrected chi connectivity index (χ3v) is 5.44. The minimum Gasteiger partial charge on any atom is -0.410 e. The number of halogens is 1. The van der Waals surface area contributed by atoms with Crippen molar-refractivity contribution in [3.05, 3.63) is 60.7 Å². The topological polar surface area (TPSA) is 9.23 Å². The summed E-state index contributed by atoms with van der Waals surface area (Å²) < 4.78 is 6.06. The molecule has 0 heterocycles. The molecule has 2 aromatic carbocycles. The molecule has 1 nitrogen and oxygen atoms in total. The molecule has 17 heavy (non-hydrogen) atoms. The van der Waals surface area contributed by atoms with Crippen molar-refractivity contribution in [2.45, 2.75) is 0 Å². The van der Waals surface area contributed by atoms with Crippen LogP contribution in [0.5, 0.6) is 0 Å². The summed E-state index contributed by atoms with van der Waals surface area (Å²) in [5.74, 6) is 0. The Labute approximate surface area is 112 Å². The average molecular weight is 307 g/mol. The molecule has 0 aliphatic heterocycles. The molecule has 0 radical (unpaired) electrons. The Morgan fingerprint density at radius 2 is 1.29 bits per heavy atom. The zero-order valence-corrected chi connectivity index (χ0v) is 12.3. The van der Waals surface area contributed by atoms with Crippen LogP contribution in [-0.2, 0) is 4.43 Å². The van der Waals surface area contributed by atoms with E-state index in [-0.39, 0.29) is 0 Å². The Kier molecular flexibility index (Phi) is 4.98. The lowest BCUT2D eigenvalue weighted by atomic mass is 10.4. The molecule has 0 spiro atoms. The van der Waals surface area contributed by atoms with E-state index >= 15 is 0 Å². The van der Waals surface area contributed by atoms with Crippen molar-refractivity contribution in [1.29, 1.82) is 0 Å². The maximum atomic E-state index is 6.06. The predicted molar refractivity (Wildman–Crippen MR) is 79.0 cm³/mol. The van der Waals surface area contributed by atoms with Gasteiger partial charge in [0.15, 0.2) is 0 Å². The van der Waals surface area contributed by atoms with Crippen molar-refractivity contribution < 1.29 is 4.43 Å². The lowest BCUT2D eigenvalue weighted by Crippen LogP contribution is -2.45. The van der Waals surface area contributed by atoms with E-state index in [2.05, 4.69) is 64.5 Å². The molecule has 0 fully saturated rings. The van der Waals surface area contributed by atoms with Crippen LogP contribution in [0.15, 0.2) is 60.7 Å². The number of hydrogen-bond donors (Lipinski definition) is 0. The summed E-state index contributed by atoms with van der Waals surface area (Å²) >= 11 is 3.42. The quantitative estimate of drug-likeness (QED) is 0.606. The summed E-state index contributed by atoms with van der Waals surface area (Å²) in [4.78, 5) is 0. The molecule has 0 N–H and O–H groups in total. The first kappa shape index (κ1) is 12.6. The van der Waals surface area contributed by atoms with Gasteiger partial charge in [-0.3, -0.25) is 0 Å². The lowest BCUT2D eigenvalue weighted by Gasteiger charge is -2.16. The molecule has 0 aliphatic rings. The van der Waals surface area contributed by atoms with Gasteiger partial charge in [0.25, 0.3) is 0 Å². The van der Waals surface area contributed by atoms with E-state index < -0.39 is 9.04 Å². The molecule has 0 amide bonds. The van der Waals surface area contributed by atoms with Crippen LogP contribution in [0.4, 0.5) is 0 Å². The third-order valence-electron chi connectivity index (χ3n) is 2.57. The second-order valence-corrected chi connectivity index (χ2v) is 6.98. The summed E-state index contributed by atoms with van der Waals surface area (Å²) in [6.45, 7) is 0.765. The van der Waals surface area contributed by atoms with E-state index in [1.54, 1.807) is 0 Å². The van der Waals surface area contributed by atoms with E-state index in [1.165, 1.54) is 10.4 Å². The minimum atomic E-state index is -1.50. The highest BCUT2D eigenvalue weighted by Gasteiger charge is 2.16. The maximum absolute atomic E-state index is 6.06. The Bertz CT molecular complexity index is 393. The van der Waals surface area contributed by atoms with Gasteiger partial charge in [-0.05, 0) is 10.4 Å². The molecule has 88 valence electrons. The molecule has 0 saturated carbocycles. The summed E-state index contributed by atoms with van der Waals surface area (Å²) in [7, 11) is -1.50. The summed E-state index contributed by atoms with van der Waals surface area (Å²) in [6.07, 6.45) is 0. The van der Waals surface area contributed by atoms with Gasteiger partial charge in [0.2, 0.25) is 9.04 Å². The molecule has 0 bridgehead atoms. The summed E-state index contributed by atoms with van der Waals surface area (Å²) in [6, 6.07) is 21.1. The van der Waals surface area contributed by atoms with Crippen LogP contribution in [0.1, 0.15) is 0 Å². The van der Waals surface area contributed by atoms with Gasteiger partial charge >= 0.3 is 0 Å². The highest BCUT2D eigenvalue weighted by molar-refractivity contribution is 9.09. The van der Waals surface area contributed by atoms with E-state index in [9.17, 15) is 0 Å². The first-order chi connectivity index (χ1) is 8.42. The fourth-order valence-corrected chi connectivity index (χ4v) is 4.60. The Morgan fingerprint density at radius 3 is 1.71 bits per heavy atom. The van der Waals surface area contributed by atoms with Crippen molar-refractivity contribution in [1.82, 2.24) is 0 Å². The zero-order chi connectivity index (χ0) is 11.9. The predicted octanol–water partition coefficient (Wildman–Crippen LogP) is 1.94. The van der Waals surface area contributed by atoms with Crippen molar-refractivity contribution in [2.75, 3.05) is 11.9 Å². The van der Waals surface area contributed by atoms with Crippen LogP contribution < -0.4 is 10.4 Å². The van der Waals surface area contributed by atoms with Gasteiger partial charge in [0, 0.05) is 11.9 Å². The summed E-state index contributed by atoms with van der Waals surface area (Å²) in [5, 5.41) is 3.55. The van der Waals surface area contributed by atoms with Gasteiger partial charge in [0.05, 0.1) is 0 Å². The fraction of sp³-hybridized carbons (Fsp3) is 0.143. The fourth-order valence-electron chi connectivity index (χ4n) is 1.80. The van der Waals surface area contributed by atoms with E-state index in [4.69, 9.17) is 4.43 Å². The van der Waals surface area contributed by atoms with E-state index in [0.717, 1.165) is 11.9 Å². The van der Waals surface area contributed by atoms with E-state index in [1.807, 2.05) is 12.1 Å². The molecule has 2 aromatic rings. The molecule has 2 rings (SSSR count). The van der Waals surface area contributed by atoms with Crippen molar-refractivity contribution in [2.24, 2.45) is 0 Å². The zero-order valence-electron chi connectivity index (χ0n) is 9.55. The first-order valence-electron chi connectivity index (χ1n) is 5.69. The number of alkyl halides is 1. The molecule has 0 aliphatic carbocycles. The summed E-state index contributed by atoms with van der Waals surface area (Å²) in [5.41, 5.74) is 0. The average Bonchev–Trinajstić information content (AvgIpc) is 2.42. The molecule has 3 heteroatoms. The largest absolute Gasteiger partial charge is 0.410 e. The maximum Gasteiger partial charge on any atom is 0.239 e. The van der Waals surface area contributed by atoms with Gasteiger partial charge in [-0.2, -0.15) is 0 Å². The Balaban J connectivity index is 2.26. The van der Waals surface area contributed by atoms with Gasteiger partial charge in [-0.1, -0.05) is 76.6 Å². The smallest absolute Gasteiger partial charge is 0.239 e. The van der Waals surface area contributed by atoms with Crippen LogP contribution >= 0.6 is 15.9 Å². The van der Waals surface area contributed by atoms with E-state index in [0.29, 0.717) is 0 Å². The normalized spacial score (nSPS) is 10.7. The van der Waals surface area contributed by atoms with Gasteiger partial charge in [0.1, 0.15) is 0 Å². The van der Waals surface area contributed by atoms with Crippen LogP contribution in [-0.4, -0.2) is 21.0 Å². The second kappa shape index (κ2) is 6.74. The monoisotopic (exact) mass is 306 g/mol. The van der Waals surface area contributed by atoms with Crippen molar-refractivity contribution in [3.8, 4) is 0 Å². The SMILES string of the molecule is BrCCO[SiH](c1ccccc1)c1ccccc1. The highest BCUT2D eigenvalue weighted by atomic mass is 79.9. The highest BCUT2D eigenvalue weighted by Crippen LogP contribution is 1.95. The van der Waals surface area contributed by atoms with Crippen molar-refractivity contribution in [3.63, 3.8) is 0 Å². The molecule has 0 aromatic heterocycles. The van der Waals surface area contributed by atoms with Crippen LogP contribution in [0.2, 0.25) is 0 Å². The second-order valence-electron chi connectivity index (χ2n) is 3.76. The van der Waals surface area contributed by atoms with Crippen LogP contribution in [0, 0.1) is 0 Å². The minimum absolute atomic E-state index is 0.765. The Morgan fingerprint density at radius 1 is 0.824 bits per heavy atom. The van der Waals surface area contributed by atoms with Crippen molar-refractivity contribution >= 4 is 35.3 Å². The van der Waals surface area contributed by atoms with Gasteiger partial charge in [-0.25, -0.2) is 0 Å². The third kappa shape index (κ3) is 3.53. The number of hydrogen-bond acceptors (Lipinski definition) is 1. The molecular formula is C14H15BrOSi. The molecule has 0 saturated heterocycles. The number of rotatable bonds is 5. The molecule has 0 unspecified atom stereocenters. The molecule has 0 atom stereocenters. The van der Waals surface area contributed by atoms with Crippen LogP contribution in [0.3, 0.4) is 0 Å². The standard InChI is InChI=1S/C14H15BrOSi/c15-11-12-16-17(13-7-3-1-4-8-13)14-9-5-2-6-10-14/h1-10,17H,11-12H2. The number of benzene rings is 2.